The van der Waals surface area contributed by atoms with E-state index in [4.69, 9.17) is 9.47 Å². The summed E-state index contributed by atoms with van der Waals surface area (Å²) in [6.07, 6.45) is 5.22. The van der Waals surface area contributed by atoms with Crippen LogP contribution in [0.3, 0.4) is 0 Å². The maximum Gasteiger partial charge on any atom is 0.120 e. The van der Waals surface area contributed by atoms with Crippen LogP contribution in [0.15, 0.2) is 54.6 Å². The lowest BCUT2D eigenvalue weighted by molar-refractivity contribution is 0.239. The van der Waals surface area contributed by atoms with Crippen LogP contribution in [0.5, 0.6) is 11.5 Å². The Kier molecular flexibility index (Phi) is 7.38. The molecule has 0 saturated carbocycles. The quantitative estimate of drug-likeness (QED) is 0.551. The molecule has 2 aromatic carbocycles. The number of nitrogens with zero attached hydrogens (tertiary/aromatic N) is 1. The van der Waals surface area contributed by atoms with Gasteiger partial charge in [-0.05, 0) is 55.8 Å². The van der Waals surface area contributed by atoms with E-state index >= 15 is 0 Å². The summed E-state index contributed by atoms with van der Waals surface area (Å²) in [4.78, 5) is 2.59. The first-order valence-corrected chi connectivity index (χ1v) is 9.95. The van der Waals surface area contributed by atoms with Gasteiger partial charge in [0.2, 0.25) is 0 Å². The minimum Gasteiger partial charge on any atom is -0.493 e. The van der Waals surface area contributed by atoms with Gasteiger partial charge in [-0.1, -0.05) is 50.1 Å². The number of hydrogen-bond donors (Lipinski definition) is 0. The van der Waals surface area contributed by atoms with Gasteiger partial charge in [0, 0.05) is 12.5 Å². The molecule has 3 nitrogen and oxygen atoms in total. The summed E-state index contributed by atoms with van der Waals surface area (Å²) < 4.78 is 11.8. The Hall–Kier alpha value is -2.00. The molecule has 1 aliphatic heterocycles. The van der Waals surface area contributed by atoms with Crippen LogP contribution in [-0.4, -0.2) is 31.1 Å². The Bertz CT molecular complexity index is 626. The van der Waals surface area contributed by atoms with Crippen LogP contribution in [0.4, 0.5) is 0 Å². The number of benzene rings is 2. The van der Waals surface area contributed by atoms with Crippen molar-refractivity contribution >= 4 is 0 Å². The van der Waals surface area contributed by atoms with E-state index in [0.29, 0.717) is 12.5 Å². The van der Waals surface area contributed by atoms with Crippen LogP contribution in [0, 0.1) is 5.92 Å². The molecule has 1 unspecified atom stereocenters. The molecule has 1 saturated heterocycles. The van der Waals surface area contributed by atoms with E-state index < -0.39 is 0 Å². The average molecular weight is 354 g/mol. The fraction of sp³-hybridized carbons (Fsp3) is 0.478. The van der Waals surface area contributed by atoms with Crippen molar-refractivity contribution in [1.29, 1.82) is 0 Å². The maximum absolute atomic E-state index is 6.00. The summed E-state index contributed by atoms with van der Waals surface area (Å²) in [7, 11) is 0. The van der Waals surface area contributed by atoms with Gasteiger partial charge in [0.1, 0.15) is 18.1 Å². The molecule has 0 aliphatic carbocycles. The van der Waals surface area contributed by atoms with Crippen LogP contribution >= 0.6 is 0 Å². The molecule has 1 fully saturated rings. The van der Waals surface area contributed by atoms with Crippen molar-refractivity contribution in [2.75, 3.05) is 26.2 Å². The standard InChI is InChI=1S/C23H31NO2/c1-2-3-7-15-24-16-14-21(17-24)19-26-23-12-10-22(11-13-23)25-18-20-8-5-4-6-9-20/h4-6,8-13,21H,2-3,7,14-19H2,1H3. The third-order valence-corrected chi connectivity index (χ3v) is 5.01. The molecule has 0 aromatic heterocycles. The second kappa shape index (κ2) is 10.2. The Morgan fingerprint density at radius 2 is 1.65 bits per heavy atom. The van der Waals surface area contributed by atoms with Crippen molar-refractivity contribution in [2.45, 2.75) is 39.2 Å². The van der Waals surface area contributed by atoms with Gasteiger partial charge in [0.25, 0.3) is 0 Å². The summed E-state index contributed by atoms with van der Waals surface area (Å²) in [6, 6.07) is 18.2. The van der Waals surface area contributed by atoms with Gasteiger partial charge in [0.05, 0.1) is 6.61 Å². The van der Waals surface area contributed by atoms with Crippen LogP contribution in [-0.2, 0) is 6.61 Å². The van der Waals surface area contributed by atoms with Crippen molar-refractivity contribution in [3.63, 3.8) is 0 Å². The fourth-order valence-corrected chi connectivity index (χ4v) is 3.42. The average Bonchev–Trinajstić information content (AvgIpc) is 3.14. The van der Waals surface area contributed by atoms with Crippen LogP contribution in [0.2, 0.25) is 0 Å². The molecule has 1 atom stereocenters. The molecular formula is C23H31NO2. The normalized spacial score (nSPS) is 17.3. The summed E-state index contributed by atoms with van der Waals surface area (Å²) in [5, 5.41) is 0. The van der Waals surface area contributed by atoms with Crippen LogP contribution in [0.25, 0.3) is 0 Å². The zero-order valence-electron chi connectivity index (χ0n) is 15.9. The van der Waals surface area contributed by atoms with Crippen molar-refractivity contribution in [1.82, 2.24) is 4.90 Å². The van der Waals surface area contributed by atoms with E-state index in [2.05, 4.69) is 24.0 Å². The Morgan fingerprint density at radius 3 is 2.38 bits per heavy atom. The predicted molar refractivity (Wildman–Crippen MR) is 107 cm³/mol. The van der Waals surface area contributed by atoms with E-state index in [1.54, 1.807) is 0 Å². The monoisotopic (exact) mass is 353 g/mol. The Balaban J connectivity index is 1.37. The number of hydrogen-bond acceptors (Lipinski definition) is 3. The first-order valence-electron chi connectivity index (χ1n) is 9.95. The molecule has 140 valence electrons. The van der Waals surface area contributed by atoms with Gasteiger partial charge in [-0.2, -0.15) is 0 Å². The maximum atomic E-state index is 6.00. The number of rotatable bonds is 10. The second-order valence-electron chi connectivity index (χ2n) is 7.22. The molecule has 1 aliphatic rings. The lowest BCUT2D eigenvalue weighted by atomic mass is 10.1. The first kappa shape index (κ1) is 18.8. The highest BCUT2D eigenvalue weighted by Gasteiger charge is 2.22. The lowest BCUT2D eigenvalue weighted by Gasteiger charge is -2.16. The number of ether oxygens (including phenoxy) is 2. The van der Waals surface area contributed by atoms with E-state index in [1.165, 1.54) is 50.9 Å². The van der Waals surface area contributed by atoms with Gasteiger partial charge >= 0.3 is 0 Å². The molecule has 0 bridgehead atoms. The van der Waals surface area contributed by atoms with Gasteiger partial charge in [-0.15, -0.1) is 0 Å². The third kappa shape index (κ3) is 6.06. The number of likely N-dealkylation sites (tertiary alicyclic amines) is 1. The lowest BCUT2D eigenvalue weighted by Crippen LogP contribution is -2.23. The molecule has 0 amide bonds. The van der Waals surface area contributed by atoms with E-state index in [9.17, 15) is 0 Å². The second-order valence-corrected chi connectivity index (χ2v) is 7.22. The van der Waals surface area contributed by atoms with Crippen LogP contribution < -0.4 is 9.47 Å². The minimum atomic E-state index is 0.594. The third-order valence-electron chi connectivity index (χ3n) is 5.01. The van der Waals surface area contributed by atoms with Crippen molar-refractivity contribution < 1.29 is 9.47 Å². The molecule has 0 N–H and O–H groups in total. The molecular weight excluding hydrogens is 322 g/mol. The molecule has 1 heterocycles. The smallest absolute Gasteiger partial charge is 0.120 e. The van der Waals surface area contributed by atoms with E-state index in [0.717, 1.165) is 18.1 Å². The Morgan fingerprint density at radius 1 is 0.923 bits per heavy atom. The molecule has 0 spiro atoms. The Labute approximate surface area is 157 Å². The van der Waals surface area contributed by atoms with Gasteiger partial charge in [0.15, 0.2) is 0 Å². The molecule has 2 aromatic rings. The first-order chi connectivity index (χ1) is 12.8. The molecule has 0 radical (unpaired) electrons. The summed E-state index contributed by atoms with van der Waals surface area (Å²) >= 11 is 0. The van der Waals surface area contributed by atoms with Gasteiger partial charge in [-0.3, -0.25) is 0 Å². The van der Waals surface area contributed by atoms with Crippen LogP contribution in [0.1, 0.15) is 38.2 Å². The highest BCUT2D eigenvalue weighted by Crippen LogP contribution is 2.22. The van der Waals surface area contributed by atoms with Gasteiger partial charge < -0.3 is 14.4 Å². The molecule has 3 rings (SSSR count). The predicted octanol–water partition coefficient (Wildman–Crippen LogP) is 5.16. The topological polar surface area (TPSA) is 21.7 Å². The molecule has 26 heavy (non-hydrogen) atoms. The zero-order chi connectivity index (χ0) is 18.0. The van der Waals surface area contributed by atoms with Gasteiger partial charge in [-0.25, -0.2) is 0 Å². The van der Waals surface area contributed by atoms with E-state index in [-0.39, 0.29) is 0 Å². The van der Waals surface area contributed by atoms with Crippen molar-refractivity contribution in [3.8, 4) is 11.5 Å². The minimum absolute atomic E-state index is 0.594. The fourth-order valence-electron chi connectivity index (χ4n) is 3.42. The summed E-state index contributed by atoms with van der Waals surface area (Å²) in [5.41, 5.74) is 1.18. The highest BCUT2D eigenvalue weighted by molar-refractivity contribution is 5.31. The molecule has 3 heteroatoms. The summed E-state index contributed by atoms with van der Waals surface area (Å²) in [6.45, 7) is 7.33. The number of unbranched alkanes of at least 4 members (excludes halogenated alkanes) is 2. The van der Waals surface area contributed by atoms with E-state index in [1.807, 2.05) is 42.5 Å². The zero-order valence-corrected chi connectivity index (χ0v) is 15.9. The van der Waals surface area contributed by atoms with Crippen molar-refractivity contribution in [2.24, 2.45) is 5.92 Å². The summed E-state index contributed by atoms with van der Waals surface area (Å²) in [5.74, 6) is 2.47. The SMILES string of the molecule is CCCCCN1CCC(COc2ccc(OCc3ccccc3)cc2)C1. The largest absolute Gasteiger partial charge is 0.493 e. The van der Waals surface area contributed by atoms with Crippen molar-refractivity contribution in [3.05, 3.63) is 60.2 Å². The highest BCUT2D eigenvalue weighted by atomic mass is 16.5.